The van der Waals surface area contributed by atoms with Crippen LogP contribution < -0.4 is 4.90 Å². The average Bonchev–Trinajstić information content (AvgIpc) is 3.76. The summed E-state index contributed by atoms with van der Waals surface area (Å²) in [6, 6.07) is 51.5. The van der Waals surface area contributed by atoms with Crippen molar-refractivity contribution in [3.05, 3.63) is 140 Å². The molecule has 0 saturated carbocycles. The lowest BCUT2D eigenvalue weighted by Gasteiger charge is -2.25. The highest BCUT2D eigenvalue weighted by molar-refractivity contribution is 7.27. The minimum Gasteiger partial charge on any atom is -0.310 e. The second-order valence-corrected chi connectivity index (χ2v) is 14.6. The molecule has 0 spiro atoms. The molecule has 3 aromatic heterocycles. The van der Waals surface area contributed by atoms with Crippen molar-refractivity contribution in [3.8, 4) is 0 Å². The Morgan fingerprint density at radius 2 is 0.750 bits per heavy atom. The number of benzene rings is 7. The molecule has 206 valence electrons. The normalized spacial score (nSPS) is 12.1. The standard InChI is InChI=1S/C40H23NS3/c1-2-8-24(9-3-1)41(25-14-16-28-27-10-4-6-12-33(27)43-37(28)22-25)26-15-17-32-38(23-26)44-36-21-19-29-30(40(32)36)18-20-35-39(29)31-11-5-7-13-34(31)42-35/h1-23H. The van der Waals surface area contributed by atoms with Crippen LogP contribution in [0.3, 0.4) is 0 Å². The van der Waals surface area contributed by atoms with E-state index in [0.29, 0.717) is 0 Å². The van der Waals surface area contributed by atoms with Gasteiger partial charge in [0.05, 0.1) is 0 Å². The molecule has 0 unspecified atom stereocenters. The van der Waals surface area contributed by atoms with Crippen LogP contribution in [0.15, 0.2) is 140 Å². The van der Waals surface area contributed by atoms with Crippen LogP contribution in [0.5, 0.6) is 0 Å². The Bertz CT molecular complexity index is 2730. The van der Waals surface area contributed by atoms with Crippen LogP contribution >= 0.6 is 34.0 Å². The molecule has 0 amide bonds. The monoisotopic (exact) mass is 613 g/mol. The Morgan fingerprint density at radius 3 is 1.45 bits per heavy atom. The van der Waals surface area contributed by atoms with Crippen molar-refractivity contribution in [2.24, 2.45) is 0 Å². The number of hydrogen-bond donors (Lipinski definition) is 0. The van der Waals surface area contributed by atoms with Gasteiger partial charge in [-0.3, -0.25) is 0 Å². The molecule has 1 nitrogen and oxygen atoms in total. The van der Waals surface area contributed by atoms with E-state index in [1.807, 2.05) is 34.0 Å². The molecule has 3 heterocycles. The van der Waals surface area contributed by atoms with Crippen molar-refractivity contribution in [2.45, 2.75) is 0 Å². The van der Waals surface area contributed by atoms with Gasteiger partial charge in [-0.15, -0.1) is 34.0 Å². The summed E-state index contributed by atoms with van der Waals surface area (Å²) < 4.78 is 7.99. The summed E-state index contributed by atoms with van der Waals surface area (Å²) >= 11 is 5.65. The van der Waals surface area contributed by atoms with Gasteiger partial charge in [0.1, 0.15) is 0 Å². The third-order valence-corrected chi connectivity index (χ3v) is 12.2. The van der Waals surface area contributed by atoms with Crippen LogP contribution in [0.2, 0.25) is 0 Å². The number of thiophene rings is 3. The fourth-order valence-electron chi connectivity index (χ4n) is 6.91. The van der Waals surface area contributed by atoms with E-state index in [1.54, 1.807) is 0 Å². The zero-order chi connectivity index (χ0) is 28.8. The second kappa shape index (κ2) is 9.38. The van der Waals surface area contributed by atoms with Crippen LogP contribution in [0.4, 0.5) is 17.1 Å². The molecule has 0 N–H and O–H groups in total. The number of nitrogens with zero attached hydrogens (tertiary/aromatic N) is 1. The summed E-state index contributed by atoms with van der Waals surface area (Å²) in [5.74, 6) is 0. The van der Waals surface area contributed by atoms with E-state index >= 15 is 0 Å². The topological polar surface area (TPSA) is 3.24 Å². The van der Waals surface area contributed by atoms with Gasteiger partial charge >= 0.3 is 0 Å². The Labute approximate surface area is 265 Å². The first kappa shape index (κ1) is 24.7. The zero-order valence-electron chi connectivity index (χ0n) is 23.5. The summed E-state index contributed by atoms with van der Waals surface area (Å²) in [7, 11) is 0. The SMILES string of the molecule is c1ccc(N(c2ccc3c(c2)sc2ccccc23)c2ccc3c(c2)sc2ccc4c(ccc5sc6ccccc6c54)c23)cc1. The average molecular weight is 614 g/mol. The molecule has 0 aliphatic rings. The smallest absolute Gasteiger partial charge is 0.0476 e. The quantitative estimate of drug-likeness (QED) is 0.192. The van der Waals surface area contributed by atoms with E-state index in [2.05, 4.69) is 144 Å². The van der Waals surface area contributed by atoms with E-state index in [0.717, 1.165) is 5.69 Å². The minimum atomic E-state index is 1.16. The lowest BCUT2D eigenvalue weighted by Crippen LogP contribution is -2.09. The molecular weight excluding hydrogens is 591 g/mol. The molecule has 0 fully saturated rings. The number of rotatable bonds is 3. The minimum absolute atomic E-state index is 1.16. The maximum absolute atomic E-state index is 2.40. The lowest BCUT2D eigenvalue weighted by atomic mass is 9.99. The molecule has 44 heavy (non-hydrogen) atoms. The fraction of sp³-hybridized carbons (Fsp3) is 0. The molecule has 0 aliphatic carbocycles. The van der Waals surface area contributed by atoms with Gasteiger partial charge in [0.15, 0.2) is 0 Å². The Morgan fingerprint density at radius 1 is 0.295 bits per heavy atom. The maximum Gasteiger partial charge on any atom is 0.0476 e. The van der Waals surface area contributed by atoms with E-state index in [4.69, 9.17) is 0 Å². The van der Waals surface area contributed by atoms with Crippen LogP contribution in [-0.4, -0.2) is 0 Å². The van der Waals surface area contributed by atoms with Crippen molar-refractivity contribution < 1.29 is 0 Å². The Kier molecular flexibility index (Phi) is 5.26. The molecule has 10 rings (SSSR count). The molecule has 7 aromatic carbocycles. The molecule has 0 bridgehead atoms. The number of fused-ring (bicyclic) bond motifs is 12. The Hall–Kier alpha value is -4.74. The van der Waals surface area contributed by atoms with Gasteiger partial charge in [0.25, 0.3) is 0 Å². The summed E-state index contributed by atoms with van der Waals surface area (Å²) in [6.07, 6.45) is 0. The second-order valence-electron chi connectivity index (χ2n) is 11.3. The van der Waals surface area contributed by atoms with Gasteiger partial charge in [-0.05, 0) is 71.4 Å². The predicted octanol–water partition coefficient (Wildman–Crippen LogP) is 13.4. The van der Waals surface area contributed by atoms with Crippen LogP contribution in [-0.2, 0) is 0 Å². The fourth-order valence-corrected chi connectivity index (χ4v) is 10.3. The van der Waals surface area contributed by atoms with E-state index in [-0.39, 0.29) is 0 Å². The third kappa shape index (κ3) is 3.56. The van der Waals surface area contributed by atoms with E-state index < -0.39 is 0 Å². The molecular formula is C40H23NS3. The van der Waals surface area contributed by atoms with Crippen LogP contribution in [0, 0.1) is 0 Å². The first-order chi connectivity index (χ1) is 21.8. The molecule has 0 saturated heterocycles. The first-order valence-corrected chi connectivity index (χ1v) is 17.2. The molecule has 0 radical (unpaired) electrons. The molecule has 0 atom stereocenters. The van der Waals surface area contributed by atoms with E-state index in [9.17, 15) is 0 Å². The summed E-state index contributed by atoms with van der Waals surface area (Å²) in [5, 5.41) is 10.8. The van der Waals surface area contributed by atoms with Gasteiger partial charge in [-0.25, -0.2) is 0 Å². The van der Waals surface area contributed by atoms with Crippen molar-refractivity contribution in [3.63, 3.8) is 0 Å². The summed E-state index contributed by atoms with van der Waals surface area (Å²) in [5.41, 5.74) is 3.50. The van der Waals surface area contributed by atoms with Crippen LogP contribution in [0.25, 0.3) is 71.3 Å². The highest BCUT2D eigenvalue weighted by atomic mass is 32.1. The van der Waals surface area contributed by atoms with Gasteiger partial charge < -0.3 is 4.90 Å². The van der Waals surface area contributed by atoms with E-state index in [1.165, 1.54) is 82.7 Å². The van der Waals surface area contributed by atoms with Crippen molar-refractivity contribution in [1.82, 2.24) is 0 Å². The first-order valence-electron chi connectivity index (χ1n) is 14.8. The van der Waals surface area contributed by atoms with Gasteiger partial charge in [0.2, 0.25) is 0 Å². The predicted molar refractivity (Wildman–Crippen MR) is 197 cm³/mol. The lowest BCUT2D eigenvalue weighted by molar-refractivity contribution is 1.30. The Balaban J connectivity index is 1.19. The van der Waals surface area contributed by atoms with Crippen LogP contribution in [0.1, 0.15) is 0 Å². The third-order valence-electron chi connectivity index (χ3n) is 8.85. The van der Waals surface area contributed by atoms with Crippen molar-refractivity contribution in [1.29, 1.82) is 0 Å². The highest BCUT2D eigenvalue weighted by Crippen LogP contribution is 2.46. The molecule has 4 heteroatoms. The number of anilines is 3. The molecule has 10 aromatic rings. The molecule has 0 aliphatic heterocycles. The zero-order valence-corrected chi connectivity index (χ0v) is 25.9. The summed E-state index contributed by atoms with van der Waals surface area (Å²) in [6.45, 7) is 0. The summed E-state index contributed by atoms with van der Waals surface area (Å²) in [4.78, 5) is 2.40. The van der Waals surface area contributed by atoms with Crippen molar-refractivity contribution in [2.75, 3.05) is 4.90 Å². The van der Waals surface area contributed by atoms with Gasteiger partial charge in [0, 0.05) is 77.6 Å². The maximum atomic E-state index is 2.40. The van der Waals surface area contributed by atoms with Gasteiger partial charge in [-0.2, -0.15) is 0 Å². The largest absolute Gasteiger partial charge is 0.310 e. The van der Waals surface area contributed by atoms with Gasteiger partial charge in [-0.1, -0.05) is 78.9 Å². The highest BCUT2D eigenvalue weighted by Gasteiger charge is 2.18. The number of hydrogen-bond acceptors (Lipinski definition) is 4. The van der Waals surface area contributed by atoms with Crippen molar-refractivity contribution >= 4 is 122 Å². The number of para-hydroxylation sites is 1.